The third kappa shape index (κ3) is 2.72. The minimum Gasteiger partial charge on any atom is -0.478 e. The maximum absolute atomic E-state index is 11.3. The van der Waals surface area contributed by atoms with Crippen LogP contribution in [0, 0.1) is 24.7 Å². The van der Waals surface area contributed by atoms with Crippen LogP contribution < -0.4 is 5.32 Å². The standard InChI is InChI=1S/C15H20N2O2/c1-9-6-7-16-14(13(9)15(18)19)17-8-12(10-2-3-10)11-4-5-11/h6-7,10-12H,2-5,8H2,1H3,(H,16,17)(H,18,19). The summed E-state index contributed by atoms with van der Waals surface area (Å²) in [6, 6.07) is 1.74. The van der Waals surface area contributed by atoms with Crippen LogP contribution in [-0.4, -0.2) is 22.6 Å². The summed E-state index contributed by atoms with van der Waals surface area (Å²) in [6.07, 6.45) is 7.05. The molecule has 3 rings (SSSR count). The molecule has 1 aromatic rings. The van der Waals surface area contributed by atoms with Gasteiger partial charge in [-0.2, -0.15) is 0 Å². The fraction of sp³-hybridized carbons (Fsp3) is 0.600. The van der Waals surface area contributed by atoms with Gasteiger partial charge >= 0.3 is 5.97 Å². The molecule has 102 valence electrons. The fourth-order valence-electron chi connectivity index (χ4n) is 2.94. The quantitative estimate of drug-likeness (QED) is 0.825. The number of carbonyl (C=O) groups is 1. The Bertz CT molecular complexity index is 481. The lowest BCUT2D eigenvalue weighted by Crippen LogP contribution is -2.20. The molecule has 0 aromatic carbocycles. The molecule has 0 atom stereocenters. The summed E-state index contributed by atoms with van der Waals surface area (Å²) >= 11 is 0. The fourth-order valence-corrected chi connectivity index (χ4v) is 2.94. The summed E-state index contributed by atoms with van der Waals surface area (Å²) in [5.74, 6) is 2.06. The zero-order valence-corrected chi connectivity index (χ0v) is 11.2. The molecule has 0 bridgehead atoms. The average molecular weight is 260 g/mol. The van der Waals surface area contributed by atoms with Crippen molar-refractivity contribution in [3.63, 3.8) is 0 Å². The van der Waals surface area contributed by atoms with Crippen molar-refractivity contribution in [2.75, 3.05) is 11.9 Å². The average Bonchev–Trinajstić information content (AvgIpc) is 3.23. The van der Waals surface area contributed by atoms with Gasteiger partial charge in [0.05, 0.1) is 0 Å². The predicted molar refractivity (Wildman–Crippen MR) is 73.4 cm³/mol. The lowest BCUT2D eigenvalue weighted by molar-refractivity contribution is 0.0697. The Kier molecular flexibility index (Phi) is 3.17. The van der Waals surface area contributed by atoms with Crippen LogP contribution in [-0.2, 0) is 0 Å². The Hall–Kier alpha value is -1.58. The van der Waals surface area contributed by atoms with Crippen molar-refractivity contribution in [1.82, 2.24) is 4.98 Å². The van der Waals surface area contributed by atoms with Gasteiger partial charge in [0.25, 0.3) is 0 Å². The van der Waals surface area contributed by atoms with Gasteiger partial charge in [0.1, 0.15) is 11.4 Å². The lowest BCUT2D eigenvalue weighted by atomic mass is 9.98. The van der Waals surface area contributed by atoms with E-state index in [0.29, 0.717) is 17.3 Å². The Morgan fingerprint density at radius 3 is 2.58 bits per heavy atom. The highest BCUT2D eigenvalue weighted by molar-refractivity contribution is 5.94. The van der Waals surface area contributed by atoms with Crippen LogP contribution >= 0.6 is 0 Å². The van der Waals surface area contributed by atoms with Crippen molar-refractivity contribution in [3.05, 3.63) is 23.4 Å². The van der Waals surface area contributed by atoms with E-state index in [1.807, 2.05) is 6.92 Å². The number of aryl methyl sites for hydroxylation is 1. The number of nitrogens with one attached hydrogen (secondary N) is 1. The van der Waals surface area contributed by atoms with Crippen molar-refractivity contribution in [2.45, 2.75) is 32.6 Å². The Labute approximate surface area is 113 Å². The first-order valence-electron chi connectivity index (χ1n) is 7.09. The van der Waals surface area contributed by atoms with Gasteiger partial charge in [0.2, 0.25) is 0 Å². The van der Waals surface area contributed by atoms with Gasteiger partial charge < -0.3 is 10.4 Å². The highest BCUT2D eigenvalue weighted by Gasteiger charge is 2.41. The Morgan fingerprint density at radius 2 is 2.05 bits per heavy atom. The number of hydrogen-bond donors (Lipinski definition) is 2. The number of anilines is 1. The molecule has 0 aliphatic heterocycles. The smallest absolute Gasteiger partial charge is 0.339 e. The number of aromatic nitrogens is 1. The normalized spacial score (nSPS) is 18.6. The lowest BCUT2D eigenvalue weighted by Gasteiger charge is -2.18. The largest absolute Gasteiger partial charge is 0.478 e. The second-order valence-corrected chi connectivity index (χ2v) is 5.88. The molecule has 4 nitrogen and oxygen atoms in total. The second kappa shape index (κ2) is 4.83. The minimum absolute atomic E-state index is 0.313. The van der Waals surface area contributed by atoms with E-state index in [1.165, 1.54) is 25.7 Å². The summed E-state index contributed by atoms with van der Waals surface area (Å²) in [5, 5.41) is 12.6. The molecule has 4 heteroatoms. The number of carboxylic acid groups (broad SMARTS) is 1. The number of nitrogens with zero attached hydrogens (tertiary/aromatic N) is 1. The molecule has 2 fully saturated rings. The van der Waals surface area contributed by atoms with E-state index in [9.17, 15) is 9.90 Å². The molecule has 1 heterocycles. The van der Waals surface area contributed by atoms with Crippen LogP contribution in [0.5, 0.6) is 0 Å². The SMILES string of the molecule is Cc1ccnc(NCC(C2CC2)C2CC2)c1C(=O)O. The van der Waals surface area contributed by atoms with Crippen molar-refractivity contribution in [2.24, 2.45) is 17.8 Å². The molecule has 0 unspecified atom stereocenters. The van der Waals surface area contributed by atoms with Gasteiger partial charge in [-0.25, -0.2) is 9.78 Å². The van der Waals surface area contributed by atoms with Crippen molar-refractivity contribution in [3.8, 4) is 0 Å². The van der Waals surface area contributed by atoms with E-state index in [0.717, 1.165) is 23.9 Å². The molecule has 0 spiro atoms. The molecule has 2 aliphatic rings. The predicted octanol–water partition coefficient (Wildman–Crippen LogP) is 2.94. The van der Waals surface area contributed by atoms with Crippen LogP contribution in [0.15, 0.2) is 12.3 Å². The molecule has 2 aliphatic carbocycles. The van der Waals surface area contributed by atoms with Gasteiger partial charge in [-0.05, 0) is 62.0 Å². The maximum atomic E-state index is 11.3. The highest BCUT2D eigenvalue weighted by Crippen LogP contribution is 2.49. The monoisotopic (exact) mass is 260 g/mol. The number of rotatable bonds is 6. The molecule has 2 saturated carbocycles. The van der Waals surface area contributed by atoms with Crippen LogP contribution in [0.4, 0.5) is 5.82 Å². The Morgan fingerprint density at radius 1 is 1.42 bits per heavy atom. The maximum Gasteiger partial charge on any atom is 0.339 e. The van der Waals surface area contributed by atoms with Crippen LogP contribution in [0.1, 0.15) is 41.6 Å². The van der Waals surface area contributed by atoms with Crippen LogP contribution in [0.3, 0.4) is 0 Å². The summed E-state index contributed by atoms with van der Waals surface area (Å²) in [4.78, 5) is 15.5. The summed E-state index contributed by atoms with van der Waals surface area (Å²) < 4.78 is 0. The first kappa shape index (κ1) is 12.5. The highest BCUT2D eigenvalue weighted by atomic mass is 16.4. The van der Waals surface area contributed by atoms with Gasteiger partial charge in [-0.3, -0.25) is 0 Å². The summed E-state index contributed by atoms with van der Waals surface area (Å²) in [5.41, 5.74) is 1.08. The molecule has 2 N–H and O–H groups in total. The number of carboxylic acids is 1. The molecule has 0 saturated heterocycles. The Balaban J connectivity index is 1.72. The molecule has 19 heavy (non-hydrogen) atoms. The van der Waals surface area contributed by atoms with Gasteiger partial charge in [0, 0.05) is 12.7 Å². The third-order valence-electron chi connectivity index (χ3n) is 4.33. The van der Waals surface area contributed by atoms with Crippen LogP contribution in [0.2, 0.25) is 0 Å². The van der Waals surface area contributed by atoms with Crippen molar-refractivity contribution < 1.29 is 9.90 Å². The van der Waals surface area contributed by atoms with E-state index in [1.54, 1.807) is 12.3 Å². The van der Waals surface area contributed by atoms with E-state index < -0.39 is 5.97 Å². The summed E-state index contributed by atoms with van der Waals surface area (Å²) in [6.45, 7) is 2.68. The van der Waals surface area contributed by atoms with Gasteiger partial charge in [-0.15, -0.1) is 0 Å². The van der Waals surface area contributed by atoms with E-state index in [4.69, 9.17) is 0 Å². The van der Waals surface area contributed by atoms with Gasteiger partial charge in [-0.1, -0.05) is 0 Å². The zero-order chi connectivity index (χ0) is 13.4. The number of pyridine rings is 1. The van der Waals surface area contributed by atoms with Crippen LogP contribution in [0.25, 0.3) is 0 Å². The number of hydrogen-bond acceptors (Lipinski definition) is 3. The third-order valence-corrected chi connectivity index (χ3v) is 4.33. The van der Waals surface area contributed by atoms with E-state index in [-0.39, 0.29) is 0 Å². The second-order valence-electron chi connectivity index (χ2n) is 5.88. The number of aromatic carboxylic acids is 1. The van der Waals surface area contributed by atoms with Crippen molar-refractivity contribution >= 4 is 11.8 Å². The van der Waals surface area contributed by atoms with E-state index >= 15 is 0 Å². The first-order valence-corrected chi connectivity index (χ1v) is 7.09. The molecule has 0 radical (unpaired) electrons. The van der Waals surface area contributed by atoms with E-state index in [2.05, 4.69) is 10.3 Å². The van der Waals surface area contributed by atoms with Gasteiger partial charge in [0.15, 0.2) is 0 Å². The van der Waals surface area contributed by atoms with Crippen molar-refractivity contribution in [1.29, 1.82) is 0 Å². The molecule has 1 aromatic heterocycles. The summed E-state index contributed by atoms with van der Waals surface area (Å²) in [7, 11) is 0. The molecular formula is C15H20N2O2. The molecular weight excluding hydrogens is 240 g/mol. The molecule has 0 amide bonds. The topological polar surface area (TPSA) is 62.2 Å². The minimum atomic E-state index is -0.900. The first-order chi connectivity index (χ1) is 9.16. The zero-order valence-electron chi connectivity index (χ0n) is 11.2.